The third-order valence-electron chi connectivity index (χ3n) is 2.28. The van der Waals surface area contributed by atoms with Crippen LogP contribution in [-0.4, -0.2) is 16.6 Å². The average Bonchev–Trinajstić information content (AvgIpc) is 2.43. The highest BCUT2D eigenvalue weighted by molar-refractivity contribution is 6.40. The van der Waals surface area contributed by atoms with Crippen LogP contribution >= 0.6 is 0 Å². The number of nitrogens with zero attached hydrogens (tertiary/aromatic N) is 1. The summed E-state index contributed by atoms with van der Waals surface area (Å²) < 4.78 is 0. The van der Waals surface area contributed by atoms with Crippen molar-refractivity contribution < 1.29 is 14.5 Å². The van der Waals surface area contributed by atoms with Gasteiger partial charge in [0.2, 0.25) is 11.5 Å². The summed E-state index contributed by atoms with van der Waals surface area (Å²) in [5, 5.41) is 12.8. The lowest BCUT2D eigenvalue weighted by Gasteiger charge is -2.10. The number of amides is 1. The number of nitrogens with one attached hydrogen (secondary N) is 1. The van der Waals surface area contributed by atoms with Gasteiger partial charge in [-0.15, -0.1) is 0 Å². The molecule has 1 saturated heterocycles. The van der Waals surface area contributed by atoms with Crippen LogP contribution in [0.5, 0.6) is 0 Å². The topological polar surface area (TPSA) is 89.3 Å². The van der Waals surface area contributed by atoms with Crippen molar-refractivity contribution in [1.82, 2.24) is 5.32 Å². The first kappa shape index (κ1) is 8.61. The second-order valence-electron chi connectivity index (χ2n) is 3.11. The molecule has 2 aliphatic rings. The highest BCUT2D eigenvalue weighted by atomic mass is 16.6. The molecule has 0 aromatic rings. The van der Waals surface area contributed by atoms with Gasteiger partial charge in [0.1, 0.15) is 0 Å². The van der Waals surface area contributed by atoms with E-state index in [9.17, 15) is 19.7 Å². The molecule has 0 aromatic carbocycles. The van der Waals surface area contributed by atoms with Crippen LogP contribution in [0.3, 0.4) is 0 Å². The first-order valence-electron chi connectivity index (χ1n) is 4.00. The lowest BCUT2D eigenvalue weighted by molar-refractivity contribution is -0.428. The number of carbonyl (C=O) groups excluding carboxylic acids is 2. The van der Waals surface area contributed by atoms with Crippen molar-refractivity contribution in [2.75, 3.05) is 0 Å². The molecule has 14 heavy (non-hydrogen) atoms. The number of ketones is 1. The fourth-order valence-corrected chi connectivity index (χ4v) is 1.54. The first-order chi connectivity index (χ1) is 6.59. The third-order valence-corrected chi connectivity index (χ3v) is 2.28. The van der Waals surface area contributed by atoms with Crippen LogP contribution < -0.4 is 5.32 Å². The van der Waals surface area contributed by atoms with Gasteiger partial charge < -0.3 is 5.32 Å². The Morgan fingerprint density at radius 2 is 2.14 bits per heavy atom. The summed E-state index contributed by atoms with van der Waals surface area (Å²) in [7, 11) is 0. The van der Waals surface area contributed by atoms with Crippen LogP contribution in [0.1, 0.15) is 6.42 Å². The molecule has 1 heterocycles. The average molecular weight is 194 g/mol. The molecule has 1 aliphatic carbocycles. The van der Waals surface area contributed by atoms with Crippen molar-refractivity contribution in [3.05, 3.63) is 33.7 Å². The molecule has 1 atom stereocenters. The minimum atomic E-state index is -0.681. The predicted octanol–water partition coefficient (Wildman–Crippen LogP) is -0.250. The molecule has 0 aromatic heterocycles. The Morgan fingerprint density at radius 3 is 2.79 bits per heavy atom. The summed E-state index contributed by atoms with van der Waals surface area (Å²) in [5.41, 5.74) is 0.425. The van der Waals surface area contributed by atoms with Gasteiger partial charge in [0.25, 0.3) is 5.91 Å². The minimum Gasteiger partial charge on any atom is -0.322 e. The Morgan fingerprint density at radius 1 is 1.43 bits per heavy atom. The summed E-state index contributed by atoms with van der Waals surface area (Å²) in [5.74, 6) is -1.95. The van der Waals surface area contributed by atoms with Gasteiger partial charge in [0, 0.05) is 11.8 Å². The second-order valence-corrected chi connectivity index (χ2v) is 3.11. The number of Topliss-reactive ketones (excluding diaryl/α,β-unsaturated/α-hetero) is 1. The van der Waals surface area contributed by atoms with Crippen LogP contribution in [0.2, 0.25) is 0 Å². The van der Waals surface area contributed by atoms with Crippen LogP contribution in [0, 0.1) is 16.0 Å². The Balaban J connectivity index is 2.31. The molecule has 1 aliphatic heterocycles. The number of carbonyl (C=O) groups is 2. The monoisotopic (exact) mass is 194 g/mol. The van der Waals surface area contributed by atoms with E-state index in [4.69, 9.17) is 0 Å². The van der Waals surface area contributed by atoms with Crippen molar-refractivity contribution >= 4 is 11.7 Å². The number of rotatable bonds is 1. The molecule has 6 nitrogen and oxygen atoms in total. The predicted molar refractivity (Wildman–Crippen MR) is 44.4 cm³/mol. The number of hydrogen-bond donors (Lipinski definition) is 1. The first-order valence-corrected chi connectivity index (χ1v) is 4.00. The second kappa shape index (κ2) is 2.76. The van der Waals surface area contributed by atoms with E-state index in [1.54, 1.807) is 0 Å². The summed E-state index contributed by atoms with van der Waals surface area (Å²) in [6.45, 7) is 0. The molecule has 0 spiro atoms. The molecule has 72 valence electrons. The van der Waals surface area contributed by atoms with Crippen LogP contribution in [0.15, 0.2) is 23.5 Å². The SMILES string of the molecule is O=C1NC2=CC=C([N+](=O)[O-])CC2C1=O. The zero-order valence-corrected chi connectivity index (χ0v) is 7.02. The van der Waals surface area contributed by atoms with E-state index in [0.29, 0.717) is 5.70 Å². The van der Waals surface area contributed by atoms with Gasteiger partial charge in [-0.05, 0) is 6.08 Å². The highest BCUT2D eigenvalue weighted by Gasteiger charge is 2.40. The van der Waals surface area contributed by atoms with Gasteiger partial charge >= 0.3 is 0 Å². The Labute approximate surface area is 78.4 Å². The fraction of sp³-hybridized carbons (Fsp3) is 0.250. The normalized spacial score (nSPS) is 25.0. The van der Waals surface area contributed by atoms with Gasteiger partial charge in [-0.3, -0.25) is 19.7 Å². The molecule has 1 N–H and O–H groups in total. The van der Waals surface area contributed by atoms with Gasteiger partial charge in [-0.25, -0.2) is 0 Å². The van der Waals surface area contributed by atoms with Gasteiger partial charge in [-0.1, -0.05) is 0 Å². The van der Waals surface area contributed by atoms with Crippen LogP contribution in [0.25, 0.3) is 0 Å². The zero-order valence-electron chi connectivity index (χ0n) is 7.02. The van der Waals surface area contributed by atoms with Gasteiger partial charge in [0.15, 0.2) is 0 Å². The molecule has 0 bridgehead atoms. The summed E-state index contributed by atoms with van der Waals surface area (Å²) in [4.78, 5) is 32.0. The molecule has 1 fully saturated rings. The minimum absolute atomic E-state index is 0.00356. The molecule has 0 saturated carbocycles. The number of fused-ring (bicyclic) bond motifs is 1. The number of allylic oxidation sites excluding steroid dienone is 4. The third kappa shape index (κ3) is 1.12. The Hall–Kier alpha value is -1.98. The van der Waals surface area contributed by atoms with Crippen molar-refractivity contribution in [3.63, 3.8) is 0 Å². The van der Waals surface area contributed by atoms with E-state index in [-0.39, 0.29) is 12.1 Å². The van der Waals surface area contributed by atoms with E-state index >= 15 is 0 Å². The van der Waals surface area contributed by atoms with Crippen molar-refractivity contribution in [3.8, 4) is 0 Å². The van der Waals surface area contributed by atoms with E-state index in [2.05, 4.69) is 5.32 Å². The number of hydrogen-bond acceptors (Lipinski definition) is 4. The molecular weight excluding hydrogens is 188 g/mol. The molecule has 2 rings (SSSR count). The van der Waals surface area contributed by atoms with Crippen molar-refractivity contribution in [1.29, 1.82) is 0 Å². The van der Waals surface area contributed by atoms with Gasteiger partial charge in [-0.2, -0.15) is 0 Å². The maximum absolute atomic E-state index is 11.2. The molecule has 6 heteroatoms. The Bertz CT molecular complexity index is 408. The zero-order chi connectivity index (χ0) is 10.3. The molecule has 0 radical (unpaired) electrons. The maximum Gasteiger partial charge on any atom is 0.292 e. The maximum atomic E-state index is 11.2. The lowest BCUT2D eigenvalue weighted by atomic mass is 9.94. The van der Waals surface area contributed by atoms with Crippen molar-refractivity contribution in [2.24, 2.45) is 5.92 Å². The summed E-state index contributed by atoms with van der Waals surface area (Å²) >= 11 is 0. The molecule has 1 unspecified atom stereocenters. The quantitative estimate of drug-likeness (QED) is 0.354. The fourth-order valence-electron chi connectivity index (χ4n) is 1.54. The smallest absolute Gasteiger partial charge is 0.292 e. The Kier molecular flexibility index (Phi) is 1.70. The van der Waals surface area contributed by atoms with E-state index in [1.165, 1.54) is 12.2 Å². The molecular formula is C8H6N2O4. The summed E-state index contributed by atoms with van der Waals surface area (Å²) in [6.07, 6.45) is 2.72. The highest BCUT2D eigenvalue weighted by Crippen LogP contribution is 2.28. The number of nitro groups is 1. The van der Waals surface area contributed by atoms with Crippen LogP contribution in [0.4, 0.5) is 0 Å². The largest absolute Gasteiger partial charge is 0.322 e. The summed E-state index contributed by atoms with van der Waals surface area (Å²) in [6, 6.07) is 0. The molecule has 1 amide bonds. The standard InChI is InChI=1S/C8H6N2O4/c11-7-5-3-4(10(13)14)1-2-6(5)9-8(7)12/h1-2,5H,3H2,(H,9,12). The van der Waals surface area contributed by atoms with Crippen molar-refractivity contribution in [2.45, 2.75) is 6.42 Å². The van der Waals surface area contributed by atoms with Gasteiger partial charge in [0.05, 0.1) is 17.3 Å². The van der Waals surface area contributed by atoms with E-state index < -0.39 is 22.5 Å². The van der Waals surface area contributed by atoms with E-state index in [1.807, 2.05) is 0 Å². The van der Waals surface area contributed by atoms with E-state index in [0.717, 1.165) is 0 Å². The van der Waals surface area contributed by atoms with Crippen LogP contribution in [-0.2, 0) is 9.59 Å². The lowest BCUT2D eigenvalue weighted by Crippen LogP contribution is -2.19.